The number of hydrogen-bond donors (Lipinski definition) is 1. The van der Waals surface area contributed by atoms with Crippen molar-refractivity contribution in [2.75, 3.05) is 6.61 Å². The molecule has 0 aliphatic rings. The van der Waals surface area contributed by atoms with Gasteiger partial charge >= 0.3 is 5.97 Å². The summed E-state index contributed by atoms with van der Waals surface area (Å²) < 4.78 is 10.7. The first kappa shape index (κ1) is 14.2. The van der Waals surface area contributed by atoms with Gasteiger partial charge in [-0.3, -0.25) is 4.79 Å². The largest absolute Gasteiger partial charge is 0.494 e. The molecule has 4 heteroatoms. The molecule has 0 aliphatic heterocycles. The molecule has 0 spiro atoms. The maximum Gasteiger partial charge on any atom is 0.311 e. The minimum Gasteiger partial charge on any atom is -0.494 e. The highest BCUT2D eigenvalue weighted by Gasteiger charge is 2.23. The van der Waals surface area contributed by atoms with Crippen molar-refractivity contribution in [2.45, 2.75) is 26.2 Å². The van der Waals surface area contributed by atoms with Gasteiger partial charge in [0.1, 0.15) is 11.5 Å². The zero-order valence-corrected chi connectivity index (χ0v) is 11.6. The molecule has 1 heterocycles. The van der Waals surface area contributed by atoms with Gasteiger partial charge in [-0.25, -0.2) is 0 Å². The summed E-state index contributed by atoms with van der Waals surface area (Å²) >= 11 is 0. The number of aliphatic carboxylic acids is 1. The van der Waals surface area contributed by atoms with Gasteiger partial charge < -0.3 is 14.3 Å². The van der Waals surface area contributed by atoms with Crippen molar-refractivity contribution < 1.29 is 19.1 Å². The lowest BCUT2D eigenvalue weighted by molar-refractivity contribution is -0.138. The molecule has 20 heavy (non-hydrogen) atoms. The van der Waals surface area contributed by atoms with Gasteiger partial charge in [0.05, 0.1) is 18.8 Å². The number of carboxylic acid groups (broad SMARTS) is 1. The third kappa shape index (κ3) is 3.20. The SMILES string of the molecule is CCOc1ccc(C(Cc2ccco2)C(=O)O)c(C)c1. The molecule has 1 unspecified atom stereocenters. The monoisotopic (exact) mass is 274 g/mol. The Morgan fingerprint density at radius 2 is 2.20 bits per heavy atom. The standard InChI is InChI=1S/C16H18O4/c1-3-19-13-6-7-14(11(2)9-13)15(16(17)18)10-12-5-4-8-20-12/h4-9,15H,3,10H2,1-2H3,(H,17,18). The summed E-state index contributed by atoms with van der Waals surface area (Å²) in [6, 6.07) is 9.06. The fraction of sp³-hybridized carbons (Fsp3) is 0.312. The zero-order valence-electron chi connectivity index (χ0n) is 11.6. The van der Waals surface area contributed by atoms with Gasteiger partial charge in [0.25, 0.3) is 0 Å². The van der Waals surface area contributed by atoms with Crippen LogP contribution in [0.15, 0.2) is 41.0 Å². The number of benzene rings is 1. The van der Waals surface area contributed by atoms with Crippen LogP contribution in [0.4, 0.5) is 0 Å². The first-order valence-electron chi connectivity index (χ1n) is 6.60. The Bertz CT molecular complexity index is 572. The first-order valence-corrected chi connectivity index (χ1v) is 6.60. The van der Waals surface area contributed by atoms with Crippen molar-refractivity contribution in [3.05, 3.63) is 53.5 Å². The Kier molecular flexibility index (Phi) is 4.45. The Morgan fingerprint density at radius 1 is 1.40 bits per heavy atom. The molecule has 1 aromatic heterocycles. The average Bonchev–Trinajstić information content (AvgIpc) is 2.90. The van der Waals surface area contributed by atoms with Gasteiger partial charge in [0.15, 0.2) is 0 Å². The summed E-state index contributed by atoms with van der Waals surface area (Å²) in [5.74, 6) is -0.0351. The minimum absolute atomic E-state index is 0.344. The molecular weight excluding hydrogens is 256 g/mol. The second-order valence-electron chi connectivity index (χ2n) is 4.63. The molecule has 0 radical (unpaired) electrons. The number of furan rings is 1. The van der Waals surface area contributed by atoms with Crippen LogP contribution in [0.2, 0.25) is 0 Å². The van der Waals surface area contributed by atoms with Crippen molar-refractivity contribution in [3.63, 3.8) is 0 Å². The molecule has 0 fully saturated rings. The fourth-order valence-corrected chi connectivity index (χ4v) is 2.26. The molecule has 1 atom stereocenters. The number of aryl methyl sites for hydroxylation is 1. The summed E-state index contributed by atoms with van der Waals surface area (Å²) in [5.41, 5.74) is 1.70. The highest BCUT2D eigenvalue weighted by molar-refractivity contribution is 5.77. The lowest BCUT2D eigenvalue weighted by Gasteiger charge is -2.15. The Balaban J connectivity index is 2.27. The molecule has 1 aromatic carbocycles. The Hall–Kier alpha value is -2.23. The van der Waals surface area contributed by atoms with Crippen LogP contribution >= 0.6 is 0 Å². The van der Waals surface area contributed by atoms with Gasteiger partial charge in [0.2, 0.25) is 0 Å². The number of carboxylic acids is 1. The maximum atomic E-state index is 11.5. The lowest BCUT2D eigenvalue weighted by atomic mass is 9.91. The van der Waals surface area contributed by atoms with E-state index in [2.05, 4.69) is 0 Å². The minimum atomic E-state index is -0.853. The second-order valence-corrected chi connectivity index (χ2v) is 4.63. The summed E-state index contributed by atoms with van der Waals surface area (Å²) in [7, 11) is 0. The topological polar surface area (TPSA) is 59.7 Å². The van der Waals surface area contributed by atoms with Crippen LogP contribution in [-0.2, 0) is 11.2 Å². The lowest BCUT2D eigenvalue weighted by Crippen LogP contribution is -2.15. The molecule has 106 valence electrons. The number of carbonyl (C=O) groups is 1. The van der Waals surface area contributed by atoms with Crippen LogP contribution in [-0.4, -0.2) is 17.7 Å². The van der Waals surface area contributed by atoms with Crippen LogP contribution in [0.25, 0.3) is 0 Å². The average molecular weight is 274 g/mol. The predicted molar refractivity (Wildman–Crippen MR) is 75.1 cm³/mol. The van der Waals surface area contributed by atoms with E-state index in [0.29, 0.717) is 18.8 Å². The van der Waals surface area contributed by atoms with Crippen LogP contribution in [0.5, 0.6) is 5.75 Å². The van der Waals surface area contributed by atoms with E-state index in [-0.39, 0.29) is 0 Å². The van der Waals surface area contributed by atoms with Crippen LogP contribution in [0.1, 0.15) is 29.7 Å². The molecule has 2 aromatic rings. The van der Waals surface area contributed by atoms with Crippen molar-refractivity contribution in [1.82, 2.24) is 0 Å². The van der Waals surface area contributed by atoms with Crippen molar-refractivity contribution >= 4 is 5.97 Å². The molecule has 0 saturated carbocycles. The summed E-state index contributed by atoms with van der Waals surface area (Å²) in [5, 5.41) is 9.45. The molecule has 1 N–H and O–H groups in total. The van der Waals surface area contributed by atoms with E-state index >= 15 is 0 Å². The highest BCUT2D eigenvalue weighted by atomic mass is 16.5. The van der Waals surface area contributed by atoms with E-state index in [4.69, 9.17) is 9.15 Å². The van der Waals surface area contributed by atoms with E-state index in [0.717, 1.165) is 16.9 Å². The predicted octanol–water partition coefficient (Wildman–Crippen LogP) is 3.40. The maximum absolute atomic E-state index is 11.5. The Morgan fingerprint density at radius 3 is 2.75 bits per heavy atom. The third-order valence-corrected chi connectivity index (χ3v) is 3.21. The van der Waals surface area contributed by atoms with Gasteiger partial charge in [-0.1, -0.05) is 6.07 Å². The highest BCUT2D eigenvalue weighted by Crippen LogP contribution is 2.27. The number of rotatable bonds is 6. The van der Waals surface area contributed by atoms with Crippen molar-refractivity contribution in [2.24, 2.45) is 0 Å². The summed E-state index contributed by atoms with van der Waals surface area (Å²) in [6.45, 7) is 4.41. The van der Waals surface area contributed by atoms with E-state index in [1.807, 2.05) is 32.0 Å². The van der Waals surface area contributed by atoms with Crippen molar-refractivity contribution in [3.8, 4) is 5.75 Å². The quantitative estimate of drug-likeness (QED) is 0.877. The Labute approximate surface area is 118 Å². The van der Waals surface area contributed by atoms with E-state index in [9.17, 15) is 9.90 Å². The first-order chi connectivity index (χ1) is 9.61. The van der Waals surface area contributed by atoms with E-state index < -0.39 is 11.9 Å². The van der Waals surface area contributed by atoms with E-state index in [1.165, 1.54) is 0 Å². The van der Waals surface area contributed by atoms with Crippen LogP contribution in [0.3, 0.4) is 0 Å². The van der Waals surface area contributed by atoms with Crippen LogP contribution in [0, 0.1) is 6.92 Å². The summed E-state index contributed by atoms with van der Waals surface area (Å²) in [6.07, 6.45) is 1.90. The fourth-order valence-electron chi connectivity index (χ4n) is 2.26. The molecule has 0 bridgehead atoms. The van der Waals surface area contributed by atoms with Gasteiger partial charge in [-0.05, 0) is 49.2 Å². The number of hydrogen-bond acceptors (Lipinski definition) is 3. The molecular formula is C16H18O4. The summed E-state index contributed by atoms with van der Waals surface area (Å²) in [4.78, 5) is 11.5. The molecule has 0 saturated heterocycles. The third-order valence-electron chi connectivity index (χ3n) is 3.21. The molecule has 0 aliphatic carbocycles. The zero-order chi connectivity index (χ0) is 14.5. The second kappa shape index (κ2) is 6.28. The normalized spacial score (nSPS) is 12.1. The molecule has 4 nitrogen and oxygen atoms in total. The molecule has 2 rings (SSSR count). The van der Waals surface area contributed by atoms with Crippen molar-refractivity contribution in [1.29, 1.82) is 0 Å². The molecule has 0 amide bonds. The van der Waals surface area contributed by atoms with Crippen LogP contribution < -0.4 is 4.74 Å². The van der Waals surface area contributed by atoms with Gasteiger partial charge in [-0.15, -0.1) is 0 Å². The smallest absolute Gasteiger partial charge is 0.311 e. The van der Waals surface area contributed by atoms with Gasteiger partial charge in [-0.2, -0.15) is 0 Å². The van der Waals surface area contributed by atoms with E-state index in [1.54, 1.807) is 18.4 Å². The van der Waals surface area contributed by atoms with Gasteiger partial charge in [0, 0.05) is 6.42 Å². The number of ether oxygens (including phenoxy) is 1.